The van der Waals surface area contributed by atoms with E-state index in [0.717, 1.165) is 11.4 Å². The molecule has 0 amide bonds. The third kappa shape index (κ3) is 4.16. The molecule has 1 aromatic carbocycles. The quantitative estimate of drug-likeness (QED) is 0.494. The molecule has 0 aliphatic rings. The molecule has 0 N–H and O–H groups in total. The van der Waals surface area contributed by atoms with Crippen molar-refractivity contribution in [2.24, 2.45) is 0 Å². The Morgan fingerprint density at radius 1 is 1.33 bits per heavy atom. The van der Waals surface area contributed by atoms with Crippen LogP contribution in [0, 0.1) is 0 Å². The average molecular weight is 290 g/mol. The van der Waals surface area contributed by atoms with Gasteiger partial charge in [0.2, 0.25) is 0 Å². The van der Waals surface area contributed by atoms with Crippen LogP contribution in [0.2, 0.25) is 5.02 Å². The fourth-order valence-corrected chi connectivity index (χ4v) is 2.15. The normalized spacial score (nSPS) is 12.8. The molecule has 0 aliphatic carbocycles. The lowest BCUT2D eigenvalue weighted by atomic mass is 10.0. The van der Waals surface area contributed by atoms with Crippen molar-refractivity contribution in [1.82, 2.24) is 0 Å². The summed E-state index contributed by atoms with van der Waals surface area (Å²) in [6, 6.07) is 6.39. The van der Waals surface area contributed by atoms with Crippen LogP contribution in [0.15, 0.2) is 18.2 Å². The van der Waals surface area contributed by atoms with Gasteiger partial charge in [0.05, 0.1) is 0 Å². The highest BCUT2D eigenvalue weighted by Gasteiger charge is 2.05. The summed E-state index contributed by atoms with van der Waals surface area (Å²) in [5, 5.41) is 0.912. The van der Waals surface area contributed by atoms with Gasteiger partial charge in [-0.3, -0.25) is 0 Å². The Morgan fingerprint density at radius 3 is 2.60 bits per heavy atom. The zero-order valence-corrected chi connectivity index (χ0v) is 11.7. The minimum atomic E-state index is 0.375. The summed E-state index contributed by atoms with van der Waals surface area (Å²) in [6.07, 6.45) is 4.88. The number of unbranched alkanes of at least 4 members (excludes halogenated alkanes) is 2. The zero-order chi connectivity index (χ0) is 11.3. The van der Waals surface area contributed by atoms with E-state index in [4.69, 9.17) is 11.6 Å². The Bertz CT molecular complexity index is 307. The Labute approximate surface area is 106 Å². The predicted octanol–water partition coefficient (Wildman–Crippen LogP) is 5.53. The van der Waals surface area contributed by atoms with Crippen molar-refractivity contribution in [2.45, 2.75) is 44.4 Å². The molecule has 0 radical (unpaired) electrons. The largest absolute Gasteiger partial charge is 0.0842 e. The van der Waals surface area contributed by atoms with Gasteiger partial charge in [0, 0.05) is 9.85 Å². The molecule has 0 spiro atoms. The fourth-order valence-electron chi connectivity index (χ4n) is 1.58. The summed E-state index contributed by atoms with van der Waals surface area (Å²) in [5.74, 6) is 0. The summed E-state index contributed by atoms with van der Waals surface area (Å²) in [4.78, 5) is 0.375. The molecular formula is C13H18BrCl. The predicted molar refractivity (Wildman–Crippen MR) is 72.0 cm³/mol. The third-order valence-electron chi connectivity index (χ3n) is 2.59. The maximum absolute atomic E-state index is 6.23. The minimum Gasteiger partial charge on any atom is -0.0842 e. The van der Waals surface area contributed by atoms with Gasteiger partial charge in [0.15, 0.2) is 0 Å². The number of benzene rings is 1. The van der Waals surface area contributed by atoms with Gasteiger partial charge in [0.1, 0.15) is 0 Å². The average Bonchev–Trinajstić information content (AvgIpc) is 2.20. The van der Waals surface area contributed by atoms with Crippen LogP contribution in [0.1, 0.15) is 49.1 Å². The highest BCUT2D eigenvalue weighted by atomic mass is 79.9. The lowest BCUT2D eigenvalue weighted by Crippen LogP contribution is -1.90. The standard InChI is InChI=1S/C13H18BrCl/c1-3-4-5-6-11-7-8-12(10(2)14)9-13(11)15/h7-10H,3-6H2,1-2H3. The van der Waals surface area contributed by atoms with E-state index in [2.05, 4.69) is 48.0 Å². The van der Waals surface area contributed by atoms with Gasteiger partial charge in [-0.25, -0.2) is 0 Å². The Balaban J connectivity index is 2.66. The molecule has 1 rings (SSSR count). The van der Waals surface area contributed by atoms with Gasteiger partial charge in [-0.15, -0.1) is 0 Å². The van der Waals surface area contributed by atoms with Crippen LogP contribution >= 0.6 is 27.5 Å². The molecule has 84 valence electrons. The first kappa shape index (κ1) is 13.1. The molecule has 1 atom stereocenters. The number of hydrogen-bond acceptors (Lipinski definition) is 0. The van der Waals surface area contributed by atoms with Crippen molar-refractivity contribution in [3.63, 3.8) is 0 Å². The number of hydrogen-bond donors (Lipinski definition) is 0. The first-order valence-electron chi connectivity index (χ1n) is 5.57. The van der Waals surface area contributed by atoms with E-state index in [1.165, 1.54) is 30.4 Å². The second-order valence-electron chi connectivity index (χ2n) is 3.92. The van der Waals surface area contributed by atoms with E-state index in [-0.39, 0.29) is 0 Å². The highest BCUT2D eigenvalue weighted by molar-refractivity contribution is 9.09. The third-order valence-corrected chi connectivity index (χ3v) is 3.47. The molecule has 0 saturated carbocycles. The van der Waals surface area contributed by atoms with E-state index in [9.17, 15) is 0 Å². The monoisotopic (exact) mass is 288 g/mol. The van der Waals surface area contributed by atoms with Crippen molar-refractivity contribution in [3.05, 3.63) is 34.3 Å². The molecule has 0 saturated heterocycles. The topological polar surface area (TPSA) is 0 Å². The summed E-state index contributed by atoms with van der Waals surface area (Å²) in [6.45, 7) is 4.33. The second kappa shape index (κ2) is 6.55. The van der Waals surface area contributed by atoms with E-state index in [0.29, 0.717) is 4.83 Å². The number of alkyl halides is 1. The van der Waals surface area contributed by atoms with Crippen molar-refractivity contribution >= 4 is 27.5 Å². The first-order valence-corrected chi connectivity index (χ1v) is 6.87. The molecule has 15 heavy (non-hydrogen) atoms. The molecule has 0 nitrogen and oxygen atoms in total. The maximum Gasteiger partial charge on any atom is 0.0441 e. The fraction of sp³-hybridized carbons (Fsp3) is 0.538. The lowest BCUT2D eigenvalue weighted by Gasteiger charge is -2.08. The van der Waals surface area contributed by atoms with Gasteiger partial charge in [0.25, 0.3) is 0 Å². The molecular weight excluding hydrogens is 272 g/mol. The van der Waals surface area contributed by atoms with E-state index in [1.54, 1.807) is 0 Å². The summed E-state index contributed by atoms with van der Waals surface area (Å²) in [5.41, 5.74) is 2.53. The van der Waals surface area contributed by atoms with E-state index >= 15 is 0 Å². The molecule has 0 aliphatic heterocycles. The van der Waals surface area contributed by atoms with Crippen LogP contribution in [-0.2, 0) is 6.42 Å². The van der Waals surface area contributed by atoms with Crippen molar-refractivity contribution in [1.29, 1.82) is 0 Å². The van der Waals surface area contributed by atoms with Crippen LogP contribution in [0.25, 0.3) is 0 Å². The van der Waals surface area contributed by atoms with Crippen molar-refractivity contribution < 1.29 is 0 Å². The van der Waals surface area contributed by atoms with Crippen LogP contribution in [0.5, 0.6) is 0 Å². The Hall–Kier alpha value is -0.0100. The molecule has 0 bridgehead atoms. The Kier molecular flexibility index (Phi) is 5.70. The first-order chi connectivity index (χ1) is 7.15. The summed E-state index contributed by atoms with van der Waals surface area (Å²) in [7, 11) is 0. The van der Waals surface area contributed by atoms with Crippen molar-refractivity contribution in [3.8, 4) is 0 Å². The number of halogens is 2. The zero-order valence-electron chi connectivity index (χ0n) is 9.39. The molecule has 2 heteroatoms. The Morgan fingerprint density at radius 2 is 2.07 bits per heavy atom. The van der Waals surface area contributed by atoms with E-state index < -0.39 is 0 Å². The molecule has 1 unspecified atom stereocenters. The van der Waals surface area contributed by atoms with Gasteiger partial charge in [-0.2, -0.15) is 0 Å². The molecule has 0 aromatic heterocycles. The minimum absolute atomic E-state index is 0.375. The van der Waals surface area contributed by atoms with Gasteiger partial charge >= 0.3 is 0 Å². The van der Waals surface area contributed by atoms with E-state index in [1.807, 2.05) is 0 Å². The molecule has 1 aromatic rings. The summed E-state index contributed by atoms with van der Waals surface area (Å²) < 4.78 is 0. The van der Waals surface area contributed by atoms with Crippen LogP contribution < -0.4 is 0 Å². The van der Waals surface area contributed by atoms with Crippen LogP contribution in [0.4, 0.5) is 0 Å². The lowest BCUT2D eigenvalue weighted by molar-refractivity contribution is 0.717. The SMILES string of the molecule is CCCCCc1ccc(C(C)Br)cc1Cl. The van der Waals surface area contributed by atoms with Crippen LogP contribution in [0.3, 0.4) is 0 Å². The van der Waals surface area contributed by atoms with Gasteiger partial charge in [-0.1, -0.05) is 59.4 Å². The van der Waals surface area contributed by atoms with Crippen molar-refractivity contribution in [2.75, 3.05) is 0 Å². The number of aryl methyl sites for hydroxylation is 1. The van der Waals surface area contributed by atoms with Gasteiger partial charge in [-0.05, 0) is 37.0 Å². The smallest absolute Gasteiger partial charge is 0.0441 e. The number of rotatable bonds is 5. The maximum atomic E-state index is 6.23. The summed E-state index contributed by atoms with van der Waals surface area (Å²) >= 11 is 9.78. The van der Waals surface area contributed by atoms with Crippen LogP contribution in [-0.4, -0.2) is 0 Å². The molecule has 0 heterocycles. The van der Waals surface area contributed by atoms with Gasteiger partial charge < -0.3 is 0 Å². The highest BCUT2D eigenvalue weighted by Crippen LogP contribution is 2.27. The second-order valence-corrected chi connectivity index (χ2v) is 5.70. The molecule has 0 fully saturated rings.